The Labute approximate surface area is 181 Å². The predicted octanol–water partition coefficient (Wildman–Crippen LogP) is 3.21. The van der Waals surface area contributed by atoms with Crippen molar-refractivity contribution >= 4 is 23.2 Å². The highest BCUT2D eigenvalue weighted by Crippen LogP contribution is 2.30. The number of hydrogen-bond acceptors (Lipinski definition) is 6. The van der Waals surface area contributed by atoms with Crippen molar-refractivity contribution in [3.05, 3.63) is 78.1 Å². The zero-order valence-electron chi connectivity index (χ0n) is 17.5. The second kappa shape index (κ2) is 10.8. The van der Waals surface area contributed by atoms with Crippen molar-refractivity contribution in [3.63, 3.8) is 0 Å². The number of aromatic nitrogens is 3. The lowest BCUT2D eigenvalue weighted by Gasteiger charge is -2.30. The number of anilines is 2. The van der Waals surface area contributed by atoms with Crippen LogP contribution in [-0.2, 0) is 0 Å². The Kier molecular flexibility index (Phi) is 7.64. The molecule has 8 heteroatoms. The summed E-state index contributed by atoms with van der Waals surface area (Å²) in [5, 5.41) is 3.06. The molecule has 0 saturated carbocycles. The van der Waals surface area contributed by atoms with E-state index in [1.807, 2.05) is 13.0 Å². The Morgan fingerprint density at radius 2 is 1.71 bits per heavy atom. The summed E-state index contributed by atoms with van der Waals surface area (Å²) in [7, 11) is 0. The molecule has 0 aliphatic carbocycles. The van der Waals surface area contributed by atoms with Crippen LogP contribution < -0.4 is 16.0 Å². The molecule has 31 heavy (non-hydrogen) atoms. The summed E-state index contributed by atoms with van der Waals surface area (Å²) in [5.41, 5.74) is 8.85. The zero-order valence-corrected chi connectivity index (χ0v) is 17.5. The normalized spacial score (nSPS) is 13.0. The second-order valence-electron chi connectivity index (χ2n) is 7.21. The van der Waals surface area contributed by atoms with Gasteiger partial charge in [0.25, 0.3) is 11.8 Å². The fourth-order valence-corrected chi connectivity index (χ4v) is 3.28. The van der Waals surface area contributed by atoms with Gasteiger partial charge in [-0.05, 0) is 56.0 Å². The lowest BCUT2D eigenvalue weighted by Crippen LogP contribution is -2.30. The van der Waals surface area contributed by atoms with Crippen LogP contribution in [0, 0.1) is 6.92 Å². The minimum atomic E-state index is -0.553. The molecule has 1 aliphatic rings. The molecule has 4 rings (SSSR count). The van der Waals surface area contributed by atoms with E-state index >= 15 is 0 Å². The molecule has 3 aromatic rings. The molecular weight excluding hydrogens is 392 g/mol. The van der Waals surface area contributed by atoms with E-state index in [9.17, 15) is 9.59 Å². The lowest BCUT2D eigenvalue weighted by atomic mass is 10.1. The molecule has 1 fully saturated rings. The van der Waals surface area contributed by atoms with Crippen LogP contribution in [0.3, 0.4) is 0 Å². The van der Waals surface area contributed by atoms with Gasteiger partial charge in [0.2, 0.25) is 0 Å². The number of carbonyl (C=O) groups excluding carboxylic acids is 2. The van der Waals surface area contributed by atoms with Gasteiger partial charge in [-0.2, -0.15) is 0 Å². The summed E-state index contributed by atoms with van der Waals surface area (Å²) in [6, 6.07) is 9.72. The maximum atomic E-state index is 12.4. The first kappa shape index (κ1) is 21.9. The third kappa shape index (κ3) is 6.33. The van der Waals surface area contributed by atoms with Crippen molar-refractivity contribution in [2.75, 3.05) is 23.3 Å². The Morgan fingerprint density at radius 1 is 0.968 bits per heavy atom. The molecule has 160 valence electrons. The van der Waals surface area contributed by atoms with E-state index in [0.29, 0.717) is 5.56 Å². The van der Waals surface area contributed by atoms with Crippen molar-refractivity contribution in [3.8, 4) is 0 Å². The fourth-order valence-electron chi connectivity index (χ4n) is 3.28. The third-order valence-corrected chi connectivity index (χ3v) is 4.86. The molecular formula is C23H26N6O2. The second-order valence-corrected chi connectivity index (χ2v) is 7.21. The standard InChI is InChI=1S/C18H21N3O.C5H5N3O/c1-14-5-6-17(21-11-3-2-4-12-21)16(13-14)20-18(22)15-7-9-19-10-8-15;6-5(9)4-3-7-1-2-8-4/h5-10,13H,2-4,11-12H2,1H3,(H,20,22);1-3H,(H2,6,9). The molecule has 0 unspecified atom stereocenters. The van der Waals surface area contributed by atoms with Crippen molar-refractivity contribution in [1.82, 2.24) is 15.0 Å². The van der Waals surface area contributed by atoms with E-state index in [4.69, 9.17) is 5.73 Å². The Bertz CT molecular complexity index is 1010. The summed E-state index contributed by atoms with van der Waals surface area (Å²) >= 11 is 0. The zero-order chi connectivity index (χ0) is 22.1. The minimum Gasteiger partial charge on any atom is -0.370 e. The molecule has 3 N–H and O–H groups in total. The number of nitrogens with two attached hydrogens (primary N) is 1. The number of benzene rings is 1. The molecule has 1 aromatic carbocycles. The van der Waals surface area contributed by atoms with E-state index in [2.05, 4.69) is 37.3 Å². The number of nitrogens with one attached hydrogen (secondary N) is 1. The van der Waals surface area contributed by atoms with Gasteiger partial charge in [0.05, 0.1) is 17.6 Å². The summed E-state index contributed by atoms with van der Waals surface area (Å²) in [4.78, 5) is 36.3. The van der Waals surface area contributed by atoms with Gasteiger partial charge < -0.3 is 16.0 Å². The Balaban J connectivity index is 0.000000254. The monoisotopic (exact) mass is 418 g/mol. The molecule has 0 bridgehead atoms. The van der Waals surface area contributed by atoms with Gasteiger partial charge in [0.15, 0.2) is 0 Å². The smallest absolute Gasteiger partial charge is 0.268 e. The van der Waals surface area contributed by atoms with Gasteiger partial charge in [-0.15, -0.1) is 0 Å². The highest BCUT2D eigenvalue weighted by atomic mass is 16.2. The van der Waals surface area contributed by atoms with E-state index in [1.54, 1.807) is 24.5 Å². The van der Waals surface area contributed by atoms with Crippen molar-refractivity contribution < 1.29 is 9.59 Å². The number of rotatable bonds is 4. The number of hydrogen-bond donors (Lipinski definition) is 2. The number of carbonyl (C=O) groups is 2. The molecule has 2 amide bonds. The van der Waals surface area contributed by atoms with E-state index in [-0.39, 0.29) is 11.6 Å². The SMILES string of the molecule is Cc1ccc(N2CCCCC2)c(NC(=O)c2ccncc2)c1.NC(=O)c1cnccn1. The molecule has 8 nitrogen and oxygen atoms in total. The maximum Gasteiger partial charge on any atom is 0.268 e. The van der Waals surface area contributed by atoms with Crippen molar-refractivity contribution in [1.29, 1.82) is 0 Å². The molecule has 0 spiro atoms. The first-order valence-electron chi connectivity index (χ1n) is 10.2. The van der Waals surface area contributed by atoms with E-state index in [1.165, 1.54) is 37.9 Å². The van der Waals surface area contributed by atoms with Crippen LogP contribution in [0.2, 0.25) is 0 Å². The van der Waals surface area contributed by atoms with Gasteiger partial charge in [-0.3, -0.25) is 19.6 Å². The average molecular weight is 419 g/mol. The largest absolute Gasteiger partial charge is 0.370 e. The Morgan fingerprint density at radius 3 is 2.32 bits per heavy atom. The number of nitrogens with zero attached hydrogens (tertiary/aromatic N) is 4. The van der Waals surface area contributed by atoms with Crippen molar-refractivity contribution in [2.24, 2.45) is 5.73 Å². The number of pyridine rings is 1. The quantitative estimate of drug-likeness (QED) is 0.672. The summed E-state index contributed by atoms with van der Waals surface area (Å²) in [5.74, 6) is -0.644. The highest BCUT2D eigenvalue weighted by molar-refractivity contribution is 6.05. The lowest BCUT2D eigenvalue weighted by molar-refractivity contribution is 0.0993. The number of primary amides is 1. The number of piperidine rings is 1. The fraction of sp³-hybridized carbons (Fsp3) is 0.261. The molecule has 0 radical (unpaired) electrons. The molecule has 1 saturated heterocycles. The summed E-state index contributed by atoms with van der Waals surface area (Å²) < 4.78 is 0. The number of amides is 2. The van der Waals surface area contributed by atoms with Gasteiger partial charge in [0, 0.05) is 43.4 Å². The highest BCUT2D eigenvalue weighted by Gasteiger charge is 2.16. The van der Waals surface area contributed by atoms with Crippen LogP contribution in [0.15, 0.2) is 61.3 Å². The summed E-state index contributed by atoms with van der Waals surface area (Å²) in [6.07, 6.45) is 11.2. The van der Waals surface area contributed by atoms with Crippen LogP contribution in [0.4, 0.5) is 11.4 Å². The van der Waals surface area contributed by atoms with Gasteiger partial charge in [-0.25, -0.2) is 4.98 Å². The Hall–Kier alpha value is -3.81. The molecule has 2 aromatic heterocycles. The van der Waals surface area contributed by atoms with Gasteiger partial charge in [0.1, 0.15) is 5.69 Å². The van der Waals surface area contributed by atoms with E-state index in [0.717, 1.165) is 30.0 Å². The van der Waals surface area contributed by atoms with Crippen molar-refractivity contribution in [2.45, 2.75) is 26.2 Å². The minimum absolute atomic E-state index is 0.0914. The first-order valence-corrected chi connectivity index (χ1v) is 10.2. The van der Waals surface area contributed by atoms with Crippen LogP contribution in [0.1, 0.15) is 45.7 Å². The summed E-state index contributed by atoms with van der Waals surface area (Å²) in [6.45, 7) is 4.16. The predicted molar refractivity (Wildman–Crippen MR) is 120 cm³/mol. The third-order valence-electron chi connectivity index (χ3n) is 4.86. The van der Waals surface area contributed by atoms with Crippen LogP contribution >= 0.6 is 0 Å². The van der Waals surface area contributed by atoms with E-state index < -0.39 is 5.91 Å². The molecule has 0 atom stereocenters. The molecule has 1 aliphatic heterocycles. The first-order chi connectivity index (χ1) is 15.0. The van der Waals surface area contributed by atoms with Crippen LogP contribution in [0.5, 0.6) is 0 Å². The van der Waals surface area contributed by atoms with Crippen LogP contribution in [-0.4, -0.2) is 39.9 Å². The molecule has 3 heterocycles. The maximum absolute atomic E-state index is 12.4. The van der Waals surface area contributed by atoms with Gasteiger partial charge >= 0.3 is 0 Å². The van der Waals surface area contributed by atoms with Gasteiger partial charge in [-0.1, -0.05) is 6.07 Å². The van der Waals surface area contributed by atoms with Crippen LogP contribution in [0.25, 0.3) is 0 Å². The average Bonchev–Trinajstić information content (AvgIpc) is 2.81. The topological polar surface area (TPSA) is 114 Å². The number of aryl methyl sites for hydroxylation is 1.